The predicted octanol–water partition coefficient (Wildman–Crippen LogP) is 1.20. The quantitative estimate of drug-likeness (QED) is 0.628. The lowest BCUT2D eigenvalue weighted by Crippen LogP contribution is -2.33. The molecule has 7 heteroatoms. The van der Waals surface area contributed by atoms with Crippen LogP contribution in [0.3, 0.4) is 0 Å². The largest absolute Gasteiger partial charge is 0.484 e. The number of likely N-dealkylation sites (tertiary alicyclic amines) is 1. The van der Waals surface area contributed by atoms with Crippen LogP contribution >= 0.6 is 0 Å². The number of non-ortho nitro benzene ring substituents is 1. The lowest BCUT2D eigenvalue weighted by atomic mass is 10.1. The van der Waals surface area contributed by atoms with Crippen LogP contribution in [-0.4, -0.2) is 47.1 Å². The van der Waals surface area contributed by atoms with E-state index in [4.69, 9.17) is 9.84 Å². The molecule has 114 valence electrons. The van der Waals surface area contributed by atoms with E-state index in [9.17, 15) is 14.9 Å². The number of nitrogens with zero attached hydrogens (tertiary/aromatic N) is 2. The summed E-state index contributed by atoms with van der Waals surface area (Å²) in [6, 6.07) is 5.63. The van der Waals surface area contributed by atoms with Gasteiger partial charge >= 0.3 is 0 Å². The zero-order valence-corrected chi connectivity index (χ0v) is 11.6. The topological polar surface area (TPSA) is 92.9 Å². The number of aliphatic hydroxyl groups is 1. The monoisotopic (exact) mass is 294 g/mol. The number of hydrogen-bond acceptors (Lipinski definition) is 5. The molecule has 1 aromatic rings. The molecule has 1 aromatic carbocycles. The maximum atomic E-state index is 12.0. The molecule has 0 radical (unpaired) electrons. The first-order valence-corrected chi connectivity index (χ1v) is 6.86. The van der Waals surface area contributed by atoms with Crippen LogP contribution in [0.15, 0.2) is 24.3 Å². The van der Waals surface area contributed by atoms with E-state index >= 15 is 0 Å². The van der Waals surface area contributed by atoms with Crippen LogP contribution in [-0.2, 0) is 4.79 Å². The highest BCUT2D eigenvalue weighted by Gasteiger charge is 2.25. The van der Waals surface area contributed by atoms with Crippen LogP contribution in [0.4, 0.5) is 5.69 Å². The van der Waals surface area contributed by atoms with E-state index in [2.05, 4.69) is 0 Å². The summed E-state index contributed by atoms with van der Waals surface area (Å²) in [6.45, 7) is 1.41. The lowest BCUT2D eigenvalue weighted by Gasteiger charge is -2.16. The molecule has 0 spiro atoms. The molecule has 1 atom stereocenters. The highest BCUT2D eigenvalue weighted by atomic mass is 16.6. The van der Waals surface area contributed by atoms with Gasteiger partial charge in [-0.15, -0.1) is 0 Å². The molecule has 2 rings (SSSR count). The molecule has 7 nitrogen and oxygen atoms in total. The minimum Gasteiger partial charge on any atom is -0.484 e. The van der Waals surface area contributed by atoms with E-state index in [-0.39, 0.29) is 24.8 Å². The summed E-state index contributed by atoms with van der Waals surface area (Å²) in [6.07, 6.45) is 1.62. The summed E-state index contributed by atoms with van der Waals surface area (Å²) >= 11 is 0. The normalized spacial score (nSPS) is 17.8. The predicted molar refractivity (Wildman–Crippen MR) is 75.0 cm³/mol. The molecule has 1 saturated heterocycles. The van der Waals surface area contributed by atoms with Crippen LogP contribution in [0.1, 0.15) is 12.8 Å². The van der Waals surface area contributed by atoms with E-state index in [0.29, 0.717) is 31.2 Å². The van der Waals surface area contributed by atoms with Crippen molar-refractivity contribution in [2.45, 2.75) is 12.8 Å². The number of ether oxygens (including phenoxy) is 1. The average Bonchev–Trinajstić information content (AvgIpc) is 2.94. The third-order valence-corrected chi connectivity index (χ3v) is 3.59. The van der Waals surface area contributed by atoms with Crippen molar-refractivity contribution in [3.63, 3.8) is 0 Å². The van der Waals surface area contributed by atoms with E-state index < -0.39 is 4.92 Å². The fourth-order valence-corrected chi connectivity index (χ4v) is 2.38. The Bertz CT molecular complexity index is 503. The Labute approximate surface area is 122 Å². The zero-order valence-electron chi connectivity index (χ0n) is 11.6. The van der Waals surface area contributed by atoms with Gasteiger partial charge in [-0.1, -0.05) is 0 Å². The van der Waals surface area contributed by atoms with Gasteiger partial charge in [-0.25, -0.2) is 0 Å². The number of benzene rings is 1. The number of amides is 1. The smallest absolute Gasteiger partial charge is 0.269 e. The molecule has 1 amide bonds. The van der Waals surface area contributed by atoms with Crippen LogP contribution in [0, 0.1) is 16.0 Å². The van der Waals surface area contributed by atoms with Gasteiger partial charge in [0.2, 0.25) is 0 Å². The minimum absolute atomic E-state index is 0.0138. The second-order valence-corrected chi connectivity index (χ2v) is 5.05. The summed E-state index contributed by atoms with van der Waals surface area (Å²) in [5.41, 5.74) is -0.0138. The highest BCUT2D eigenvalue weighted by molar-refractivity contribution is 5.78. The first-order chi connectivity index (χ1) is 10.1. The molecule has 1 aliphatic rings. The second-order valence-electron chi connectivity index (χ2n) is 5.05. The van der Waals surface area contributed by atoms with Crippen molar-refractivity contribution < 1.29 is 19.6 Å². The number of carbonyl (C=O) groups is 1. The van der Waals surface area contributed by atoms with Crippen LogP contribution in [0.5, 0.6) is 5.75 Å². The molecule has 1 heterocycles. The Morgan fingerprint density at radius 3 is 2.76 bits per heavy atom. The number of rotatable bonds is 6. The van der Waals surface area contributed by atoms with Gasteiger partial charge in [0.05, 0.1) is 4.92 Å². The zero-order chi connectivity index (χ0) is 15.2. The molecular formula is C14H18N2O5. The van der Waals surface area contributed by atoms with Crippen molar-refractivity contribution in [1.82, 2.24) is 4.90 Å². The molecule has 0 aliphatic carbocycles. The molecular weight excluding hydrogens is 276 g/mol. The van der Waals surface area contributed by atoms with Gasteiger partial charge in [-0.2, -0.15) is 0 Å². The van der Waals surface area contributed by atoms with E-state index in [1.54, 1.807) is 4.90 Å². The van der Waals surface area contributed by atoms with Gasteiger partial charge in [0, 0.05) is 31.8 Å². The van der Waals surface area contributed by atoms with Crippen molar-refractivity contribution >= 4 is 11.6 Å². The first kappa shape index (κ1) is 15.2. The first-order valence-electron chi connectivity index (χ1n) is 6.86. The third-order valence-electron chi connectivity index (χ3n) is 3.59. The fraction of sp³-hybridized carbons (Fsp3) is 0.500. The molecule has 1 N–H and O–H groups in total. The van der Waals surface area contributed by atoms with Crippen molar-refractivity contribution in [2.24, 2.45) is 5.92 Å². The van der Waals surface area contributed by atoms with Gasteiger partial charge in [-0.05, 0) is 30.9 Å². The summed E-state index contributed by atoms with van der Waals surface area (Å²) in [7, 11) is 0. The SMILES string of the molecule is O=C(COc1ccc([N+](=O)[O-])cc1)N1CCC(CCO)C1. The van der Waals surface area contributed by atoms with Crippen molar-refractivity contribution in [3.8, 4) is 5.75 Å². The Kier molecular flexibility index (Phi) is 5.10. The van der Waals surface area contributed by atoms with Crippen molar-refractivity contribution in [1.29, 1.82) is 0 Å². The summed E-state index contributed by atoms with van der Waals surface area (Å²) in [4.78, 5) is 23.7. The molecule has 0 bridgehead atoms. The molecule has 0 aromatic heterocycles. The summed E-state index contributed by atoms with van der Waals surface area (Å²) in [5.74, 6) is 0.687. The standard InChI is InChI=1S/C14H18N2O5/c17-8-6-11-5-7-15(9-11)14(18)10-21-13-3-1-12(2-4-13)16(19)20/h1-4,11,17H,5-10H2. The second kappa shape index (κ2) is 7.03. The van der Waals surface area contributed by atoms with Crippen LogP contribution < -0.4 is 4.74 Å². The molecule has 1 aliphatic heterocycles. The summed E-state index contributed by atoms with van der Waals surface area (Å²) in [5, 5.41) is 19.4. The average molecular weight is 294 g/mol. The Balaban J connectivity index is 1.80. The van der Waals surface area contributed by atoms with E-state index in [0.717, 1.165) is 6.42 Å². The number of hydrogen-bond donors (Lipinski definition) is 1. The maximum absolute atomic E-state index is 12.0. The third kappa shape index (κ3) is 4.16. The van der Waals surface area contributed by atoms with Crippen molar-refractivity contribution in [2.75, 3.05) is 26.3 Å². The van der Waals surface area contributed by atoms with E-state index in [1.165, 1.54) is 24.3 Å². The number of nitro benzene ring substituents is 1. The van der Waals surface area contributed by atoms with Crippen molar-refractivity contribution in [3.05, 3.63) is 34.4 Å². The Hall–Kier alpha value is -2.15. The molecule has 1 fully saturated rings. The molecule has 21 heavy (non-hydrogen) atoms. The number of nitro groups is 1. The van der Waals surface area contributed by atoms with Gasteiger partial charge in [0.15, 0.2) is 6.61 Å². The molecule has 0 saturated carbocycles. The Morgan fingerprint density at radius 2 is 2.14 bits per heavy atom. The van der Waals surface area contributed by atoms with Crippen LogP contribution in [0.25, 0.3) is 0 Å². The summed E-state index contributed by atoms with van der Waals surface area (Å²) < 4.78 is 5.35. The number of carbonyl (C=O) groups excluding carboxylic acids is 1. The van der Waals surface area contributed by atoms with Gasteiger partial charge in [-0.3, -0.25) is 14.9 Å². The molecule has 1 unspecified atom stereocenters. The van der Waals surface area contributed by atoms with E-state index in [1.807, 2.05) is 0 Å². The lowest BCUT2D eigenvalue weighted by molar-refractivity contribution is -0.384. The number of aliphatic hydroxyl groups excluding tert-OH is 1. The highest BCUT2D eigenvalue weighted by Crippen LogP contribution is 2.20. The van der Waals surface area contributed by atoms with Crippen LogP contribution in [0.2, 0.25) is 0 Å². The Morgan fingerprint density at radius 1 is 1.43 bits per heavy atom. The van der Waals surface area contributed by atoms with Gasteiger partial charge < -0.3 is 14.7 Å². The minimum atomic E-state index is -0.486. The van der Waals surface area contributed by atoms with Gasteiger partial charge in [0.1, 0.15) is 5.75 Å². The fourth-order valence-electron chi connectivity index (χ4n) is 2.38. The van der Waals surface area contributed by atoms with Gasteiger partial charge in [0.25, 0.3) is 11.6 Å². The maximum Gasteiger partial charge on any atom is 0.269 e.